The molecule has 6 nitrogen and oxygen atoms in total. The van der Waals surface area contributed by atoms with Crippen LogP contribution in [0.4, 0.5) is 0 Å². The van der Waals surface area contributed by atoms with Crippen molar-refractivity contribution in [2.45, 2.75) is 52.0 Å². The van der Waals surface area contributed by atoms with Crippen LogP contribution >= 0.6 is 0 Å². The number of hydrogen-bond donors (Lipinski definition) is 1. The summed E-state index contributed by atoms with van der Waals surface area (Å²) in [5.41, 5.74) is 1.35. The molecule has 0 bridgehead atoms. The zero-order valence-electron chi connectivity index (χ0n) is 17.9. The van der Waals surface area contributed by atoms with Crippen LogP contribution in [0.15, 0.2) is 17.4 Å². The molecule has 0 radical (unpaired) electrons. The molecule has 0 saturated carbocycles. The molecule has 0 aliphatic carbocycles. The fourth-order valence-corrected chi connectivity index (χ4v) is 4.55. The lowest BCUT2D eigenvalue weighted by molar-refractivity contribution is 0.109. The second-order valence-electron chi connectivity index (χ2n) is 8.84. The number of guanidine groups is 1. The molecule has 2 aliphatic heterocycles. The van der Waals surface area contributed by atoms with Gasteiger partial charge >= 0.3 is 0 Å². The molecule has 1 N–H and O–H groups in total. The number of aromatic nitrogens is 2. The largest absolute Gasteiger partial charge is 0.355 e. The van der Waals surface area contributed by atoms with E-state index in [0.29, 0.717) is 17.9 Å². The van der Waals surface area contributed by atoms with Gasteiger partial charge < -0.3 is 10.2 Å². The number of aryl methyl sites for hydroxylation is 1. The average Bonchev–Trinajstić information content (AvgIpc) is 3.29. The molecular weight excluding hydrogens is 336 g/mol. The van der Waals surface area contributed by atoms with E-state index in [9.17, 15) is 0 Å². The van der Waals surface area contributed by atoms with Crippen LogP contribution in [-0.2, 0) is 7.05 Å². The van der Waals surface area contributed by atoms with Crippen LogP contribution in [0.3, 0.4) is 0 Å². The van der Waals surface area contributed by atoms with E-state index in [1.54, 1.807) is 0 Å². The normalized spacial score (nSPS) is 24.0. The highest BCUT2D eigenvalue weighted by atomic mass is 15.3. The van der Waals surface area contributed by atoms with Gasteiger partial charge in [-0.1, -0.05) is 20.8 Å². The first kappa shape index (κ1) is 20.2. The van der Waals surface area contributed by atoms with E-state index in [-0.39, 0.29) is 0 Å². The van der Waals surface area contributed by atoms with E-state index in [1.165, 1.54) is 37.9 Å². The van der Waals surface area contributed by atoms with E-state index >= 15 is 0 Å². The molecule has 152 valence electrons. The second-order valence-corrected chi connectivity index (χ2v) is 8.84. The SMILES string of the molecule is CN=C(NCC(C(C)C)N1CCC(C)CC1)N1CCC(c2cnn(C)c2)C1. The van der Waals surface area contributed by atoms with Crippen LogP contribution in [0.5, 0.6) is 0 Å². The first-order chi connectivity index (χ1) is 13.0. The van der Waals surface area contributed by atoms with Gasteiger partial charge in [0, 0.05) is 51.9 Å². The van der Waals surface area contributed by atoms with E-state index in [1.807, 2.05) is 25.0 Å². The first-order valence-electron chi connectivity index (χ1n) is 10.7. The second kappa shape index (κ2) is 9.09. The van der Waals surface area contributed by atoms with Crippen LogP contribution in [0.25, 0.3) is 0 Å². The Morgan fingerprint density at radius 3 is 2.59 bits per heavy atom. The van der Waals surface area contributed by atoms with Gasteiger partial charge in [-0.15, -0.1) is 0 Å². The monoisotopic (exact) mass is 374 g/mol. The van der Waals surface area contributed by atoms with Crippen molar-refractivity contribution >= 4 is 5.96 Å². The van der Waals surface area contributed by atoms with Gasteiger partial charge in [-0.3, -0.25) is 14.6 Å². The van der Waals surface area contributed by atoms with Gasteiger partial charge in [0.2, 0.25) is 0 Å². The molecule has 0 amide bonds. The zero-order valence-corrected chi connectivity index (χ0v) is 17.9. The lowest BCUT2D eigenvalue weighted by Crippen LogP contribution is -2.51. The van der Waals surface area contributed by atoms with Crippen molar-refractivity contribution in [3.05, 3.63) is 18.0 Å². The predicted octanol–water partition coefficient (Wildman–Crippen LogP) is 2.54. The van der Waals surface area contributed by atoms with E-state index < -0.39 is 0 Å². The van der Waals surface area contributed by atoms with Crippen molar-refractivity contribution in [3.63, 3.8) is 0 Å². The summed E-state index contributed by atoms with van der Waals surface area (Å²) in [6.07, 6.45) is 7.99. The van der Waals surface area contributed by atoms with E-state index in [4.69, 9.17) is 0 Å². The third kappa shape index (κ3) is 5.03. The predicted molar refractivity (Wildman–Crippen MR) is 112 cm³/mol. The van der Waals surface area contributed by atoms with Crippen molar-refractivity contribution in [2.24, 2.45) is 23.9 Å². The number of aliphatic imine (C=N–C) groups is 1. The average molecular weight is 375 g/mol. The van der Waals surface area contributed by atoms with Gasteiger partial charge in [0.1, 0.15) is 0 Å². The topological polar surface area (TPSA) is 48.7 Å². The van der Waals surface area contributed by atoms with Gasteiger partial charge in [0.15, 0.2) is 5.96 Å². The Balaban J connectivity index is 1.55. The summed E-state index contributed by atoms with van der Waals surface area (Å²) in [6.45, 7) is 12.6. The highest BCUT2D eigenvalue weighted by Gasteiger charge is 2.29. The van der Waals surface area contributed by atoms with E-state index in [0.717, 1.165) is 31.5 Å². The Kier molecular flexibility index (Phi) is 6.79. The Morgan fingerprint density at radius 1 is 1.26 bits per heavy atom. The molecule has 2 unspecified atom stereocenters. The lowest BCUT2D eigenvalue weighted by Gasteiger charge is -2.39. The fourth-order valence-electron chi connectivity index (χ4n) is 4.55. The van der Waals surface area contributed by atoms with Crippen molar-refractivity contribution in [2.75, 3.05) is 39.8 Å². The van der Waals surface area contributed by atoms with E-state index in [2.05, 4.69) is 52.2 Å². The molecular formula is C21H38N6. The quantitative estimate of drug-likeness (QED) is 0.636. The molecule has 0 aromatic carbocycles. The summed E-state index contributed by atoms with van der Waals surface area (Å²) < 4.78 is 1.90. The Labute approximate surface area is 165 Å². The Morgan fingerprint density at radius 2 is 2.00 bits per heavy atom. The summed E-state index contributed by atoms with van der Waals surface area (Å²) in [4.78, 5) is 9.68. The minimum atomic E-state index is 0.557. The highest BCUT2D eigenvalue weighted by Crippen LogP contribution is 2.27. The smallest absolute Gasteiger partial charge is 0.193 e. The van der Waals surface area contributed by atoms with Gasteiger partial charge in [-0.05, 0) is 49.8 Å². The number of rotatable bonds is 5. The van der Waals surface area contributed by atoms with Crippen LogP contribution < -0.4 is 5.32 Å². The number of piperidine rings is 1. The molecule has 0 spiro atoms. The van der Waals surface area contributed by atoms with Crippen molar-refractivity contribution in [1.29, 1.82) is 0 Å². The third-order valence-electron chi connectivity index (χ3n) is 6.42. The molecule has 2 saturated heterocycles. The number of nitrogens with one attached hydrogen (secondary N) is 1. The number of likely N-dealkylation sites (tertiary alicyclic amines) is 2. The molecule has 27 heavy (non-hydrogen) atoms. The number of hydrogen-bond acceptors (Lipinski definition) is 3. The summed E-state index contributed by atoms with van der Waals surface area (Å²) in [6, 6.07) is 0.575. The van der Waals surface area contributed by atoms with Crippen molar-refractivity contribution in [1.82, 2.24) is 24.9 Å². The summed E-state index contributed by atoms with van der Waals surface area (Å²) >= 11 is 0. The minimum Gasteiger partial charge on any atom is -0.355 e. The minimum absolute atomic E-state index is 0.557. The molecule has 1 aromatic rings. The van der Waals surface area contributed by atoms with Crippen LogP contribution in [0.2, 0.25) is 0 Å². The molecule has 6 heteroatoms. The maximum absolute atomic E-state index is 4.58. The van der Waals surface area contributed by atoms with Crippen molar-refractivity contribution in [3.8, 4) is 0 Å². The molecule has 1 aromatic heterocycles. The molecule has 3 heterocycles. The fraction of sp³-hybridized carbons (Fsp3) is 0.810. The summed E-state index contributed by atoms with van der Waals surface area (Å²) in [5, 5.41) is 8.03. The first-order valence-corrected chi connectivity index (χ1v) is 10.7. The standard InChI is InChI=1S/C21H38N6/c1-16(2)20(26-9-6-17(3)7-10-26)13-23-21(22-4)27-11-8-18(15-27)19-12-24-25(5)14-19/h12,14,16-18,20H,6-11,13,15H2,1-5H3,(H,22,23). The molecule has 2 fully saturated rings. The third-order valence-corrected chi connectivity index (χ3v) is 6.42. The zero-order chi connectivity index (χ0) is 19.4. The van der Waals surface area contributed by atoms with Gasteiger partial charge in [0.25, 0.3) is 0 Å². The summed E-state index contributed by atoms with van der Waals surface area (Å²) in [5.74, 6) is 3.13. The van der Waals surface area contributed by atoms with Gasteiger partial charge in [0.05, 0.1) is 6.20 Å². The maximum atomic E-state index is 4.58. The van der Waals surface area contributed by atoms with Gasteiger partial charge in [-0.2, -0.15) is 5.10 Å². The van der Waals surface area contributed by atoms with Crippen LogP contribution in [-0.4, -0.2) is 71.4 Å². The Bertz CT molecular complexity index is 614. The van der Waals surface area contributed by atoms with Crippen LogP contribution in [0.1, 0.15) is 51.5 Å². The molecule has 2 atom stereocenters. The number of nitrogens with zero attached hydrogens (tertiary/aromatic N) is 5. The van der Waals surface area contributed by atoms with Crippen molar-refractivity contribution < 1.29 is 0 Å². The maximum Gasteiger partial charge on any atom is 0.193 e. The highest BCUT2D eigenvalue weighted by molar-refractivity contribution is 5.80. The molecule has 2 aliphatic rings. The Hall–Kier alpha value is -1.56. The lowest BCUT2D eigenvalue weighted by atomic mass is 9.94. The molecule has 3 rings (SSSR count). The summed E-state index contributed by atoms with van der Waals surface area (Å²) in [7, 11) is 3.90. The van der Waals surface area contributed by atoms with Crippen LogP contribution in [0, 0.1) is 11.8 Å². The van der Waals surface area contributed by atoms with Gasteiger partial charge in [-0.25, -0.2) is 0 Å².